The van der Waals surface area contributed by atoms with Gasteiger partial charge >= 0.3 is 6.03 Å². The van der Waals surface area contributed by atoms with E-state index in [1.165, 1.54) is 11.3 Å². The smallest absolute Gasteiger partial charge is 0.327 e. The Morgan fingerprint density at radius 2 is 2.17 bits per heavy atom. The standard InChI is InChI=1S/C13H23BN4O3SSi/c1-23(2,3)5-4-21-8-18-11(19)13(7-15,17-12(18)20)10-16-9(14)6-22-10/h6H,4-5,7-8,14-15H2,1-3H3,(H,17,20)/t13-/m0/s1. The first kappa shape index (κ1) is 18.1. The van der Waals surface area contributed by atoms with Crippen LogP contribution < -0.4 is 16.6 Å². The van der Waals surface area contributed by atoms with E-state index in [1.54, 1.807) is 0 Å². The van der Waals surface area contributed by atoms with E-state index < -0.39 is 25.6 Å². The summed E-state index contributed by atoms with van der Waals surface area (Å²) in [5.41, 5.74) is 5.34. The molecule has 1 atom stereocenters. The number of imide groups is 1. The number of hydrogen-bond acceptors (Lipinski definition) is 6. The number of amides is 3. The summed E-state index contributed by atoms with van der Waals surface area (Å²) in [5, 5.41) is 5.04. The fourth-order valence-electron chi connectivity index (χ4n) is 2.20. The van der Waals surface area contributed by atoms with Gasteiger partial charge < -0.3 is 15.8 Å². The van der Waals surface area contributed by atoms with E-state index in [1.807, 2.05) is 13.2 Å². The summed E-state index contributed by atoms with van der Waals surface area (Å²) < 4.78 is 5.53. The van der Waals surface area contributed by atoms with E-state index in [9.17, 15) is 9.59 Å². The van der Waals surface area contributed by atoms with Crippen molar-refractivity contribution in [3.05, 3.63) is 10.4 Å². The number of urea groups is 1. The van der Waals surface area contributed by atoms with Crippen molar-refractivity contribution in [3.63, 3.8) is 0 Å². The first-order valence-electron chi connectivity index (χ1n) is 7.54. The van der Waals surface area contributed by atoms with Crippen molar-refractivity contribution in [2.24, 2.45) is 5.73 Å². The molecule has 23 heavy (non-hydrogen) atoms. The second-order valence-corrected chi connectivity index (χ2v) is 13.4. The van der Waals surface area contributed by atoms with Gasteiger partial charge in [-0.25, -0.2) is 9.69 Å². The highest BCUT2D eigenvalue weighted by Crippen LogP contribution is 2.29. The van der Waals surface area contributed by atoms with Gasteiger partial charge in [0.25, 0.3) is 5.91 Å². The Hall–Kier alpha value is -1.23. The molecular weight excluding hydrogens is 331 g/mol. The zero-order valence-corrected chi connectivity index (χ0v) is 15.8. The van der Waals surface area contributed by atoms with E-state index >= 15 is 0 Å². The number of thiazole rings is 1. The molecule has 0 saturated carbocycles. The zero-order chi connectivity index (χ0) is 17.3. The Balaban J connectivity index is 2.06. The van der Waals surface area contributed by atoms with E-state index in [0.29, 0.717) is 11.6 Å². The van der Waals surface area contributed by atoms with Crippen molar-refractivity contribution < 1.29 is 14.3 Å². The predicted octanol–water partition coefficient (Wildman–Crippen LogP) is -0.580. The van der Waals surface area contributed by atoms with Crippen molar-refractivity contribution >= 4 is 44.8 Å². The van der Waals surface area contributed by atoms with Crippen LogP contribution in [0.4, 0.5) is 4.79 Å². The number of carbonyl (C=O) groups is 2. The molecule has 0 radical (unpaired) electrons. The van der Waals surface area contributed by atoms with Gasteiger partial charge in [0.2, 0.25) is 0 Å². The van der Waals surface area contributed by atoms with Crippen LogP contribution >= 0.6 is 11.3 Å². The number of nitrogens with zero attached hydrogens (tertiary/aromatic N) is 2. The molecule has 0 aliphatic carbocycles. The fourth-order valence-corrected chi connectivity index (χ4v) is 3.91. The number of ether oxygens (including phenoxy) is 1. The molecule has 1 fully saturated rings. The van der Waals surface area contributed by atoms with Crippen molar-refractivity contribution in [1.82, 2.24) is 15.2 Å². The zero-order valence-electron chi connectivity index (χ0n) is 14.0. The lowest BCUT2D eigenvalue weighted by molar-refractivity contribution is -0.134. The van der Waals surface area contributed by atoms with Crippen LogP contribution in [-0.2, 0) is 15.1 Å². The van der Waals surface area contributed by atoms with Gasteiger partial charge in [-0.05, 0) is 6.04 Å². The molecule has 126 valence electrons. The molecule has 1 aliphatic rings. The largest absolute Gasteiger partial charge is 0.361 e. The third kappa shape index (κ3) is 3.82. The maximum Gasteiger partial charge on any atom is 0.327 e. The van der Waals surface area contributed by atoms with Crippen LogP contribution in [0.3, 0.4) is 0 Å². The second kappa shape index (κ2) is 6.72. The first-order valence-corrected chi connectivity index (χ1v) is 12.1. The third-order valence-electron chi connectivity index (χ3n) is 3.68. The van der Waals surface area contributed by atoms with Gasteiger partial charge in [0.15, 0.2) is 13.4 Å². The van der Waals surface area contributed by atoms with Crippen LogP contribution in [0, 0.1) is 0 Å². The lowest BCUT2D eigenvalue weighted by Gasteiger charge is -2.22. The molecule has 1 aliphatic heterocycles. The minimum atomic E-state index is -1.27. The Kier molecular flexibility index (Phi) is 5.29. The van der Waals surface area contributed by atoms with Gasteiger partial charge in [-0.15, -0.1) is 11.3 Å². The van der Waals surface area contributed by atoms with Gasteiger partial charge in [0.1, 0.15) is 11.7 Å². The second-order valence-electron chi connectivity index (χ2n) is 6.91. The Labute approximate surface area is 142 Å². The van der Waals surface area contributed by atoms with Crippen molar-refractivity contribution in [1.29, 1.82) is 0 Å². The number of nitrogens with two attached hydrogens (primary N) is 1. The van der Waals surface area contributed by atoms with Gasteiger partial charge in [-0.2, -0.15) is 0 Å². The number of aromatic nitrogens is 1. The molecule has 7 nitrogen and oxygen atoms in total. The van der Waals surface area contributed by atoms with E-state index in [-0.39, 0.29) is 13.3 Å². The van der Waals surface area contributed by atoms with Crippen molar-refractivity contribution in [2.75, 3.05) is 19.9 Å². The molecular formula is C13H23BN4O3SSi. The summed E-state index contributed by atoms with van der Waals surface area (Å²) in [7, 11) is 0.626. The van der Waals surface area contributed by atoms with Crippen LogP contribution in [0.15, 0.2) is 5.38 Å². The Morgan fingerprint density at radius 3 is 2.70 bits per heavy atom. The maximum atomic E-state index is 12.7. The van der Waals surface area contributed by atoms with Crippen LogP contribution in [0.25, 0.3) is 0 Å². The normalized spacial score (nSPS) is 21.8. The van der Waals surface area contributed by atoms with Crippen molar-refractivity contribution in [3.8, 4) is 0 Å². The summed E-state index contributed by atoms with van der Waals surface area (Å²) in [4.78, 5) is 30.3. The topological polar surface area (TPSA) is 97.5 Å². The lowest BCUT2D eigenvalue weighted by Crippen LogP contribution is -2.50. The predicted molar refractivity (Wildman–Crippen MR) is 95.4 cm³/mol. The number of nitrogens with one attached hydrogen (secondary N) is 1. The molecule has 0 aromatic carbocycles. The highest BCUT2D eigenvalue weighted by Gasteiger charge is 2.53. The van der Waals surface area contributed by atoms with Crippen LogP contribution in [0.1, 0.15) is 5.01 Å². The fraction of sp³-hybridized carbons (Fsp3) is 0.615. The quantitative estimate of drug-likeness (QED) is 0.388. The van der Waals surface area contributed by atoms with Crippen LogP contribution in [0.2, 0.25) is 25.7 Å². The molecule has 2 heterocycles. The molecule has 1 aromatic heterocycles. The summed E-state index contributed by atoms with van der Waals surface area (Å²) >= 11 is 1.32. The molecule has 0 spiro atoms. The monoisotopic (exact) mass is 354 g/mol. The lowest BCUT2D eigenvalue weighted by atomic mass is 10.0. The molecule has 3 N–H and O–H groups in total. The molecule has 0 bridgehead atoms. The molecule has 1 aromatic rings. The minimum absolute atomic E-state index is 0.0318. The van der Waals surface area contributed by atoms with E-state index in [4.69, 9.17) is 10.5 Å². The summed E-state index contributed by atoms with van der Waals surface area (Å²) in [6.07, 6.45) is 0. The number of hydrogen-bond donors (Lipinski definition) is 2. The average Bonchev–Trinajstić information content (AvgIpc) is 2.98. The summed E-state index contributed by atoms with van der Waals surface area (Å²) in [6, 6.07) is 0.492. The SMILES string of the molecule is Bc1csc([C@]2(CN)NC(=O)N(COCC[Si](C)(C)C)C2=O)n1. The highest BCUT2D eigenvalue weighted by atomic mass is 32.1. The third-order valence-corrected chi connectivity index (χ3v) is 6.51. The Bertz CT molecular complexity index is 606. The van der Waals surface area contributed by atoms with Gasteiger partial charge in [-0.1, -0.05) is 19.6 Å². The van der Waals surface area contributed by atoms with Gasteiger partial charge in [-0.3, -0.25) is 9.78 Å². The molecule has 3 amide bonds. The molecule has 2 rings (SSSR count). The van der Waals surface area contributed by atoms with Gasteiger partial charge in [0.05, 0.1) is 0 Å². The molecule has 10 heteroatoms. The summed E-state index contributed by atoms with van der Waals surface area (Å²) in [6.45, 7) is 7.19. The maximum absolute atomic E-state index is 12.7. The molecule has 0 unspecified atom stereocenters. The van der Waals surface area contributed by atoms with E-state index in [0.717, 1.165) is 16.5 Å². The summed E-state index contributed by atoms with van der Waals surface area (Å²) in [5.74, 6) is -0.396. The van der Waals surface area contributed by atoms with Crippen molar-refractivity contribution in [2.45, 2.75) is 31.2 Å². The highest BCUT2D eigenvalue weighted by molar-refractivity contribution is 7.10. The average molecular weight is 354 g/mol. The number of carbonyl (C=O) groups excluding carboxylic acids is 2. The minimum Gasteiger partial charge on any atom is -0.361 e. The first-order chi connectivity index (χ1) is 10.7. The Morgan fingerprint density at radius 1 is 1.48 bits per heavy atom. The molecule has 1 saturated heterocycles. The van der Waals surface area contributed by atoms with Crippen LogP contribution in [0.5, 0.6) is 0 Å². The van der Waals surface area contributed by atoms with E-state index in [2.05, 4.69) is 29.9 Å². The van der Waals surface area contributed by atoms with Gasteiger partial charge in [0, 0.05) is 32.2 Å². The van der Waals surface area contributed by atoms with Crippen LogP contribution in [-0.4, -0.2) is 57.6 Å². The number of rotatable bonds is 7.